The minimum Gasteiger partial charge on any atom is -0.304 e. The molecule has 0 saturated heterocycles. The van der Waals surface area contributed by atoms with Gasteiger partial charge in [0, 0.05) is 11.6 Å². The average Bonchev–Trinajstić information content (AvgIpc) is 2.53. The van der Waals surface area contributed by atoms with E-state index in [2.05, 4.69) is 20.8 Å². The first kappa shape index (κ1) is 14.1. The second kappa shape index (κ2) is 5.33. The lowest BCUT2D eigenvalue weighted by atomic mass is 9.98. The van der Waals surface area contributed by atoms with E-state index in [0.29, 0.717) is 34.7 Å². The van der Waals surface area contributed by atoms with Crippen LogP contribution < -0.4 is 4.90 Å². The molecule has 1 aromatic carbocycles. The van der Waals surface area contributed by atoms with Gasteiger partial charge in [-0.25, -0.2) is 0 Å². The van der Waals surface area contributed by atoms with Crippen LogP contribution in [0.4, 0.5) is 5.69 Å². The monoisotopic (exact) mass is 279 g/mol. The van der Waals surface area contributed by atoms with Crippen LogP contribution in [0, 0.1) is 11.8 Å². The lowest BCUT2D eigenvalue weighted by Gasteiger charge is -2.22. The van der Waals surface area contributed by atoms with Crippen LogP contribution in [0.15, 0.2) is 18.2 Å². The van der Waals surface area contributed by atoms with Crippen molar-refractivity contribution >= 4 is 29.0 Å². The van der Waals surface area contributed by atoms with E-state index < -0.39 is 11.7 Å². The Morgan fingerprint density at radius 1 is 1.21 bits per heavy atom. The van der Waals surface area contributed by atoms with Crippen LogP contribution in [0.5, 0.6) is 0 Å². The Kier molecular flexibility index (Phi) is 3.95. The number of halogens is 1. The SMILES string of the molecule is CC(C)CC(C)CN1C(=O)C(=O)c2ccc(Cl)cc21. The molecule has 3 nitrogen and oxygen atoms in total. The van der Waals surface area contributed by atoms with Gasteiger partial charge in [0.1, 0.15) is 0 Å². The molecular formula is C15H18ClNO2. The summed E-state index contributed by atoms with van der Waals surface area (Å²) < 4.78 is 0. The number of amides is 1. The first-order chi connectivity index (χ1) is 8.90. The maximum Gasteiger partial charge on any atom is 0.299 e. The summed E-state index contributed by atoms with van der Waals surface area (Å²) in [5.74, 6) is 0.0557. The van der Waals surface area contributed by atoms with Gasteiger partial charge in [-0.1, -0.05) is 32.4 Å². The largest absolute Gasteiger partial charge is 0.304 e. The van der Waals surface area contributed by atoms with Gasteiger partial charge in [-0.2, -0.15) is 0 Å². The lowest BCUT2D eigenvalue weighted by Crippen LogP contribution is -2.34. The Hall–Kier alpha value is -1.35. The molecule has 0 radical (unpaired) electrons. The van der Waals surface area contributed by atoms with Crippen molar-refractivity contribution in [1.82, 2.24) is 0 Å². The molecule has 0 aliphatic carbocycles. The number of nitrogens with zero attached hydrogens (tertiary/aromatic N) is 1. The third kappa shape index (κ3) is 2.81. The molecule has 1 heterocycles. The van der Waals surface area contributed by atoms with Gasteiger partial charge in [-0.05, 0) is 36.5 Å². The van der Waals surface area contributed by atoms with Crippen LogP contribution in [-0.2, 0) is 4.79 Å². The van der Waals surface area contributed by atoms with E-state index in [1.54, 1.807) is 23.1 Å². The number of rotatable bonds is 4. The zero-order valence-corrected chi connectivity index (χ0v) is 12.2. The van der Waals surface area contributed by atoms with Crippen molar-refractivity contribution < 1.29 is 9.59 Å². The van der Waals surface area contributed by atoms with Crippen LogP contribution in [0.25, 0.3) is 0 Å². The second-order valence-electron chi connectivity index (χ2n) is 5.64. The number of carbonyl (C=O) groups is 2. The maximum atomic E-state index is 12.0. The maximum absolute atomic E-state index is 12.0. The van der Waals surface area contributed by atoms with E-state index >= 15 is 0 Å². The Morgan fingerprint density at radius 3 is 2.53 bits per heavy atom. The summed E-state index contributed by atoms with van der Waals surface area (Å²) >= 11 is 5.96. The molecule has 0 fully saturated rings. The molecule has 1 aromatic rings. The van der Waals surface area contributed by atoms with E-state index in [-0.39, 0.29) is 0 Å². The minimum atomic E-state index is -0.437. The van der Waals surface area contributed by atoms with Crippen molar-refractivity contribution in [2.24, 2.45) is 11.8 Å². The number of fused-ring (bicyclic) bond motifs is 1. The van der Waals surface area contributed by atoms with Crippen molar-refractivity contribution in [2.75, 3.05) is 11.4 Å². The molecular weight excluding hydrogens is 262 g/mol. The fraction of sp³-hybridized carbons (Fsp3) is 0.467. The summed E-state index contributed by atoms with van der Waals surface area (Å²) in [6.07, 6.45) is 1.02. The quantitative estimate of drug-likeness (QED) is 0.791. The molecule has 102 valence electrons. The number of hydrogen-bond acceptors (Lipinski definition) is 2. The zero-order valence-electron chi connectivity index (χ0n) is 11.4. The van der Waals surface area contributed by atoms with E-state index in [1.165, 1.54) is 0 Å². The standard InChI is InChI=1S/C15H18ClNO2/c1-9(2)6-10(3)8-17-13-7-11(16)4-5-12(13)14(18)15(17)19/h4-5,7,9-10H,6,8H2,1-3H3. The molecule has 0 aromatic heterocycles. The Balaban J connectivity index is 2.25. The molecule has 4 heteroatoms. The number of ketones is 1. The van der Waals surface area contributed by atoms with Crippen LogP contribution in [-0.4, -0.2) is 18.2 Å². The van der Waals surface area contributed by atoms with E-state index in [1.807, 2.05) is 0 Å². The van der Waals surface area contributed by atoms with Crippen LogP contribution in [0.2, 0.25) is 5.02 Å². The highest BCUT2D eigenvalue weighted by atomic mass is 35.5. The average molecular weight is 280 g/mol. The van der Waals surface area contributed by atoms with Gasteiger partial charge < -0.3 is 4.90 Å². The van der Waals surface area contributed by atoms with Crippen LogP contribution >= 0.6 is 11.6 Å². The molecule has 1 aliphatic heterocycles. The molecule has 0 N–H and O–H groups in total. The molecule has 0 bridgehead atoms. The number of anilines is 1. The van der Waals surface area contributed by atoms with Crippen molar-refractivity contribution in [3.8, 4) is 0 Å². The third-order valence-corrected chi connectivity index (χ3v) is 3.54. The number of carbonyl (C=O) groups excluding carboxylic acids is 2. The Bertz CT molecular complexity index is 525. The predicted octanol–water partition coefficient (Wildman–Crippen LogP) is 3.55. The summed E-state index contributed by atoms with van der Waals surface area (Å²) in [6.45, 7) is 6.97. The molecule has 1 amide bonds. The molecule has 2 rings (SSSR count). The Morgan fingerprint density at radius 2 is 1.89 bits per heavy atom. The summed E-state index contributed by atoms with van der Waals surface area (Å²) in [5.41, 5.74) is 1.12. The number of Topliss-reactive ketones (excluding diaryl/α,β-unsaturated/α-hetero) is 1. The molecule has 1 atom stereocenters. The summed E-state index contributed by atoms with van der Waals surface area (Å²) in [7, 11) is 0. The summed E-state index contributed by atoms with van der Waals surface area (Å²) in [6, 6.07) is 4.97. The van der Waals surface area contributed by atoms with E-state index in [0.717, 1.165) is 6.42 Å². The zero-order chi connectivity index (χ0) is 14.2. The third-order valence-electron chi connectivity index (χ3n) is 3.30. The summed E-state index contributed by atoms with van der Waals surface area (Å²) in [4.78, 5) is 25.5. The van der Waals surface area contributed by atoms with Gasteiger partial charge in [0.25, 0.3) is 11.7 Å². The summed E-state index contributed by atoms with van der Waals surface area (Å²) in [5, 5.41) is 0.544. The topological polar surface area (TPSA) is 37.4 Å². The first-order valence-corrected chi connectivity index (χ1v) is 6.93. The normalized spacial score (nSPS) is 16.2. The van der Waals surface area contributed by atoms with E-state index in [9.17, 15) is 9.59 Å². The van der Waals surface area contributed by atoms with Gasteiger partial charge in [0.15, 0.2) is 0 Å². The number of hydrogen-bond donors (Lipinski definition) is 0. The van der Waals surface area contributed by atoms with Crippen molar-refractivity contribution in [3.63, 3.8) is 0 Å². The highest BCUT2D eigenvalue weighted by molar-refractivity contribution is 6.52. The van der Waals surface area contributed by atoms with Crippen LogP contribution in [0.1, 0.15) is 37.6 Å². The van der Waals surface area contributed by atoms with E-state index in [4.69, 9.17) is 11.6 Å². The molecule has 0 saturated carbocycles. The first-order valence-electron chi connectivity index (χ1n) is 6.56. The molecule has 0 spiro atoms. The predicted molar refractivity (Wildman–Crippen MR) is 76.8 cm³/mol. The van der Waals surface area contributed by atoms with Crippen molar-refractivity contribution in [1.29, 1.82) is 0 Å². The van der Waals surface area contributed by atoms with Gasteiger partial charge >= 0.3 is 0 Å². The van der Waals surface area contributed by atoms with Crippen molar-refractivity contribution in [2.45, 2.75) is 27.2 Å². The van der Waals surface area contributed by atoms with Gasteiger partial charge in [0.2, 0.25) is 0 Å². The fourth-order valence-corrected chi connectivity index (χ4v) is 2.81. The van der Waals surface area contributed by atoms with Crippen LogP contribution in [0.3, 0.4) is 0 Å². The second-order valence-corrected chi connectivity index (χ2v) is 6.08. The Labute approximate surface area is 118 Å². The number of benzene rings is 1. The highest BCUT2D eigenvalue weighted by Crippen LogP contribution is 2.32. The lowest BCUT2D eigenvalue weighted by molar-refractivity contribution is -0.114. The minimum absolute atomic E-state index is 0.349. The fourth-order valence-electron chi connectivity index (χ4n) is 2.64. The molecule has 1 aliphatic rings. The molecule has 19 heavy (non-hydrogen) atoms. The highest BCUT2D eigenvalue weighted by Gasteiger charge is 2.36. The smallest absolute Gasteiger partial charge is 0.299 e. The molecule has 1 unspecified atom stereocenters. The van der Waals surface area contributed by atoms with Crippen molar-refractivity contribution in [3.05, 3.63) is 28.8 Å². The van der Waals surface area contributed by atoms with Gasteiger partial charge in [-0.3, -0.25) is 9.59 Å². The van der Waals surface area contributed by atoms with Gasteiger partial charge in [-0.15, -0.1) is 0 Å². The van der Waals surface area contributed by atoms with Gasteiger partial charge in [0.05, 0.1) is 11.3 Å².